The molecule has 0 unspecified atom stereocenters. The first-order chi connectivity index (χ1) is 13.1. The number of hydrogen-bond donors (Lipinski definition) is 3. The van der Waals surface area contributed by atoms with Crippen LogP contribution in [0.3, 0.4) is 0 Å². The maximum absolute atomic E-state index is 4.49. The highest BCUT2D eigenvalue weighted by atomic mass is 127. The minimum atomic E-state index is 0. The Morgan fingerprint density at radius 2 is 1.89 bits per heavy atom. The molecule has 3 rings (SSSR count). The molecule has 0 spiro atoms. The number of nitrogens with one attached hydrogen (secondary N) is 3. The molecule has 3 N–H and O–H groups in total. The standard InChI is InChI=1S/C21H29N5S.HI/c1-5-16-7-6-8-18-17(13-25-20(16)18)9-11-23-21(22-4)24-12-10-19-14(2)26-15(3)27-19;/h6-8,13,25H,5,9-12H2,1-4H3,(H2,22,23,24);1H. The minimum absolute atomic E-state index is 0. The zero-order valence-electron chi connectivity index (χ0n) is 17.1. The number of rotatable bonds is 7. The van der Waals surface area contributed by atoms with Crippen LogP contribution in [0, 0.1) is 13.8 Å². The van der Waals surface area contributed by atoms with E-state index in [2.05, 4.69) is 70.8 Å². The van der Waals surface area contributed by atoms with Gasteiger partial charge in [-0.2, -0.15) is 0 Å². The topological polar surface area (TPSA) is 65.1 Å². The third kappa shape index (κ3) is 5.47. The lowest BCUT2D eigenvalue weighted by Crippen LogP contribution is -2.39. The van der Waals surface area contributed by atoms with Gasteiger partial charge in [0.25, 0.3) is 0 Å². The summed E-state index contributed by atoms with van der Waals surface area (Å²) in [5.41, 5.74) is 5.14. The van der Waals surface area contributed by atoms with Crippen LogP contribution < -0.4 is 10.6 Å². The third-order valence-corrected chi connectivity index (χ3v) is 5.96. The van der Waals surface area contributed by atoms with E-state index in [9.17, 15) is 0 Å². The van der Waals surface area contributed by atoms with Crippen LogP contribution in [0.1, 0.15) is 33.6 Å². The van der Waals surface area contributed by atoms with Crippen LogP contribution in [-0.2, 0) is 19.3 Å². The molecule has 152 valence electrons. The van der Waals surface area contributed by atoms with Crippen molar-refractivity contribution in [3.8, 4) is 0 Å². The average molecular weight is 511 g/mol. The summed E-state index contributed by atoms with van der Waals surface area (Å²) in [6.45, 7) is 8.04. The Morgan fingerprint density at radius 3 is 2.54 bits per heavy atom. The molecular formula is C21H30IN5S. The molecule has 0 saturated carbocycles. The van der Waals surface area contributed by atoms with Crippen molar-refractivity contribution < 1.29 is 0 Å². The summed E-state index contributed by atoms with van der Waals surface area (Å²) in [5.74, 6) is 0.850. The lowest BCUT2D eigenvalue weighted by Gasteiger charge is -2.11. The molecule has 0 aliphatic carbocycles. The Kier molecular flexibility index (Phi) is 8.75. The molecule has 3 aromatic rings. The van der Waals surface area contributed by atoms with Gasteiger partial charge in [0, 0.05) is 48.5 Å². The molecule has 0 aliphatic heterocycles. The number of aromatic amines is 1. The number of fused-ring (bicyclic) bond motifs is 1. The number of guanidine groups is 1. The maximum Gasteiger partial charge on any atom is 0.190 e. The summed E-state index contributed by atoms with van der Waals surface area (Å²) in [6.07, 6.45) is 5.11. The predicted octanol–water partition coefficient (Wildman–Crippen LogP) is 4.37. The van der Waals surface area contributed by atoms with Crippen molar-refractivity contribution in [2.75, 3.05) is 20.1 Å². The number of H-pyrrole nitrogens is 1. The molecule has 0 fully saturated rings. The SMILES string of the molecule is CCc1cccc2c(CCNC(=NC)NCCc3sc(C)nc3C)c[nH]c12.I. The highest BCUT2D eigenvalue weighted by molar-refractivity contribution is 14.0. The number of aryl methyl sites for hydroxylation is 3. The molecule has 2 heterocycles. The number of para-hydroxylation sites is 1. The zero-order chi connectivity index (χ0) is 19.2. The van der Waals surface area contributed by atoms with E-state index < -0.39 is 0 Å². The Hall–Kier alpha value is -1.61. The predicted molar refractivity (Wildman–Crippen MR) is 131 cm³/mol. The summed E-state index contributed by atoms with van der Waals surface area (Å²) in [7, 11) is 1.82. The number of aromatic nitrogens is 2. The fraction of sp³-hybridized carbons (Fsp3) is 0.429. The van der Waals surface area contributed by atoms with E-state index in [4.69, 9.17) is 0 Å². The van der Waals surface area contributed by atoms with E-state index in [1.165, 1.54) is 26.9 Å². The first-order valence-electron chi connectivity index (χ1n) is 9.57. The number of aliphatic imine (C=N–C) groups is 1. The molecule has 28 heavy (non-hydrogen) atoms. The number of thiazole rings is 1. The number of hydrogen-bond acceptors (Lipinski definition) is 3. The fourth-order valence-corrected chi connectivity index (χ4v) is 4.35. The normalized spacial score (nSPS) is 11.5. The second-order valence-electron chi connectivity index (χ2n) is 6.67. The molecule has 5 nitrogen and oxygen atoms in total. The Bertz CT molecular complexity index is 928. The van der Waals surface area contributed by atoms with Crippen molar-refractivity contribution in [3.05, 3.63) is 51.1 Å². The minimum Gasteiger partial charge on any atom is -0.361 e. The lowest BCUT2D eigenvalue weighted by molar-refractivity contribution is 0.787. The van der Waals surface area contributed by atoms with Gasteiger partial charge in [0.1, 0.15) is 0 Å². The van der Waals surface area contributed by atoms with Crippen LogP contribution in [0.5, 0.6) is 0 Å². The van der Waals surface area contributed by atoms with Crippen LogP contribution in [0.25, 0.3) is 10.9 Å². The van der Waals surface area contributed by atoms with Crippen LogP contribution in [-0.4, -0.2) is 36.1 Å². The van der Waals surface area contributed by atoms with Gasteiger partial charge in [0.05, 0.1) is 10.7 Å². The van der Waals surface area contributed by atoms with E-state index in [0.29, 0.717) is 0 Å². The molecule has 0 amide bonds. The van der Waals surface area contributed by atoms with Gasteiger partial charge in [-0.3, -0.25) is 4.99 Å². The number of benzene rings is 1. The van der Waals surface area contributed by atoms with Gasteiger partial charge in [0.15, 0.2) is 5.96 Å². The van der Waals surface area contributed by atoms with Gasteiger partial charge in [-0.05, 0) is 37.8 Å². The van der Waals surface area contributed by atoms with Crippen molar-refractivity contribution in [1.29, 1.82) is 0 Å². The van der Waals surface area contributed by atoms with Crippen molar-refractivity contribution >= 4 is 52.2 Å². The number of nitrogens with zero attached hydrogens (tertiary/aromatic N) is 2. The van der Waals surface area contributed by atoms with Gasteiger partial charge in [-0.25, -0.2) is 4.98 Å². The smallest absolute Gasteiger partial charge is 0.190 e. The van der Waals surface area contributed by atoms with E-state index in [1.54, 1.807) is 11.3 Å². The van der Waals surface area contributed by atoms with Gasteiger partial charge < -0.3 is 15.6 Å². The second-order valence-corrected chi connectivity index (χ2v) is 7.96. The zero-order valence-corrected chi connectivity index (χ0v) is 20.2. The molecular weight excluding hydrogens is 481 g/mol. The average Bonchev–Trinajstić information content (AvgIpc) is 3.22. The lowest BCUT2D eigenvalue weighted by atomic mass is 10.1. The molecule has 1 aromatic carbocycles. The maximum atomic E-state index is 4.49. The fourth-order valence-electron chi connectivity index (χ4n) is 3.41. The molecule has 0 bridgehead atoms. The van der Waals surface area contributed by atoms with Crippen LogP contribution >= 0.6 is 35.3 Å². The van der Waals surface area contributed by atoms with Crippen LogP contribution in [0.15, 0.2) is 29.4 Å². The van der Waals surface area contributed by atoms with Gasteiger partial charge in [-0.15, -0.1) is 35.3 Å². The first kappa shape index (κ1) is 22.7. The highest BCUT2D eigenvalue weighted by Gasteiger charge is 2.07. The van der Waals surface area contributed by atoms with Crippen molar-refractivity contribution in [2.45, 2.75) is 40.0 Å². The van der Waals surface area contributed by atoms with E-state index in [1.807, 2.05) is 7.05 Å². The Morgan fingerprint density at radius 1 is 1.14 bits per heavy atom. The molecule has 0 aliphatic rings. The monoisotopic (exact) mass is 511 g/mol. The largest absolute Gasteiger partial charge is 0.361 e. The second kappa shape index (κ2) is 10.8. The summed E-state index contributed by atoms with van der Waals surface area (Å²) in [4.78, 5) is 13.6. The Balaban J connectivity index is 0.00000280. The molecule has 0 radical (unpaired) electrons. The summed E-state index contributed by atoms with van der Waals surface area (Å²) in [5, 5.41) is 9.28. The quantitative estimate of drug-likeness (QED) is 0.251. The summed E-state index contributed by atoms with van der Waals surface area (Å²) in [6, 6.07) is 6.54. The van der Waals surface area contributed by atoms with Gasteiger partial charge in [0.2, 0.25) is 0 Å². The summed E-state index contributed by atoms with van der Waals surface area (Å²) < 4.78 is 0. The van der Waals surface area contributed by atoms with Crippen molar-refractivity contribution in [2.24, 2.45) is 4.99 Å². The molecule has 2 aromatic heterocycles. The van der Waals surface area contributed by atoms with E-state index >= 15 is 0 Å². The van der Waals surface area contributed by atoms with Crippen molar-refractivity contribution in [1.82, 2.24) is 20.6 Å². The molecule has 0 atom stereocenters. The van der Waals surface area contributed by atoms with Gasteiger partial charge >= 0.3 is 0 Å². The summed E-state index contributed by atoms with van der Waals surface area (Å²) >= 11 is 1.78. The van der Waals surface area contributed by atoms with E-state index in [0.717, 1.165) is 49.0 Å². The highest BCUT2D eigenvalue weighted by Crippen LogP contribution is 2.22. The van der Waals surface area contributed by atoms with Gasteiger partial charge in [-0.1, -0.05) is 25.1 Å². The molecule has 7 heteroatoms. The van der Waals surface area contributed by atoms with Crippen LogP contribution in [0.2, 0.25) is 0 Å². The third-order valence-electron chi connectivity index (χ3n) is 4.82. The first-order valence-corrected chi connectivity index (χ1v) is 10.4. The Labute approximate surface area is 188 Å². The van der Waals surface area contributed by atoms with Crippen molar-refractivity contribution in [3.63, 3.8) is 0 Å². The van der Waals surface area contributed by atoms with Crippen LogP contribution in [0.4, 0.5) is 0 Å². The van der Waals surface area contributed by atoms with E-state index in [-0.39, 0.29) is 24.0 Å². The number of halogens is 1. The molecule has 0 saturated heterocycles.